The number of nitrogens with one attached hydrogen (secondary N) is 1. The van der Waals surface area contributed by atoms with Gasteiger partial charge in [-0.05, 0) is 37.2 Å². The Kier molecular flexibility index (Phi) is 4.94. The topological polar surface area (TPSA) is 95.7 Å². The summed E-state index contributed by atoms with van der Waals surface area (Å²) >= 11 is 0. The van der Waals surface area contributed by atoms with Gasteiger partial charge in [-0.2, -0.15) is 5.23 Å². The summed E-state index contributed by atoms with van der Waals surface area (Å²) in [4.78, 5) is 15.0. The molecule has 2 aliphatic rings. The molecule has 4 rings (SSSR count). The Morgan fingerprint density at radius 2 is 2.11 bits per heavy atom. The zero-order valence-electron chi connectivity index (χ0n) is 15.7. The number of fused-ring (bicyclic) bond motifs is 2. The van der Waals surface area contributed by atoms with E-state index < -0.39 is 5.23 Å². The van der Waals surface area contributed by atoms with E-state index >= 15 is 0 Å². The number of ether oxygens (including phenoxy) is 3. The first-order valence-corrected chi connectivity index (χ1v) is 9.05. The van der Waals surface area contributed by atoms with E-state index in [0.717, 1.165) is 24.1 Å². The third-order valence-corrected chi connectivity index (χ3v) is 5.38. The van der Waals surface area contributed by atoms with Gasteiger partial charge in [0.2, 0.25) is 12.5 Å². The lowest BCUT2D eigenvalue weighted by Gasteiger charge is -2.35. The third kappa shape index (κ3) is 3.20. The Morgan fingerprint density at radius 1 is 1.36 bits per heavy atom. The van der Waals surface area contributed by atoms with Crippen molar-refractivity contribution in [2.45, 2.75) is 18.9 Å². The number of hydrogen-bond donors (Lipinski definition) is 2. The van der Waals surface area contributed by atoms with Crippen LogP contribution in [0.1, 0.15) is 33.9 Å². The monoisotopic (exact) mass is 386 g/mol. The number of quaternary nitrogens is 1. The molecule has 0 aromatic heterocycles. The Labute approximate surface area is 162 Å². The molecule has 0 saturated carbocycles. The molecule has 8 nitrogen and oxygen atoms in total. The van der Waals surface area contributed by atoms with Crippen molar-refractivity contribution in [3.8, 4) is 17.2 Å². The maximum Gasteiger partial charge on any atom is 0.231 e. The van der Waals surface area contributed by atoms with Crippen LogP contribution < -0.4 is 19.4 Å². The Balaban J connectivity index is 1.66. The van der Waals surface area contributed by atoms with Crippen LogP contribution in [0.4, 0.5) is 5.69 Å². The number of likely N-dealkylation sites (N-methyl/N-ethyl adjacent to an activating group) is 1. The molecule has 2 aromatic carbocycles. The predicted octanol–water partition coefficient (Wildman–Crippen LogP) is 1.63. The highest BCUT2D eigenvalue weighted by atomic mass is 16.8. The number of carbonyl (C=O) groups is 1. The molecule has 2 atom stereocenters. The molecule has 8 heteroatoms. The maximum absolute atomic E-state index is 12.9. The van der Waals surface area contributed by atoms with Gasteiger partial charge in [0.15, 0.2) is 23.0 Å². The Bertz CT molecular complexity index is 897. The van der Waals surface area contributed by atoms with Crippen molar-refractivity contribution in [1.82, 2.24) is 4.90 Å². The Hall–Kier alpha value is -2.65. The average Bonchev–Trinajstić information content (AvgIpc) is 3.16. The van der Waals surface area contributed by atoms with Crippen LogP contribution in [0.2, 0.25) is 0 Å². The first-order chi connectivity index (χ1) is 13.5. The molecular weight excluding hydrogens is 364 g/mol. The van der Waals surface area contributed by atoms with Crippen molar-refractivity contribution in [3.63, 3.8) is 0 Å². The summed E-state index contributed by atoms with van der Waals surface area (Å²) in [7, 11) is 3.58. The normalized spacial score (nSPS) is 19.2. The zero-order chi connectivity index (χ0) is 19.8. The maximum atomic E-state index is 12.9. The second kappa shape index (κ2) is 7.40. The van der Waals surface area contributed by atoms with Crippen LogP contribution in [0, 0.1) is 5.21 Å². The summed E-state index contributed by atoms with van der Waals surface area (Å²) in [6.07, 6.45) is 1.09. The molecule has 0 amide bonds. The second-order valence-electron chi connectivity index (χ2n) is 6.97. The number of carbonyl (C=O) groups excluding carboxylic acids is 1. The van der Waals surface area contributed by atoms with Gasteiger partial charge in [-0.25, -0.2) is 5.21 Å². The van der Waals surface area contributed by atoms with Gasteiger partial charge in [-0.3, -0.25) is 9.69 Å². The minimum atomic E-state index is -1.01. The number of rotatable bonds is 5. The summed E-state index contributed by atoms with van der Waals surface area (Å²) in [6, 6.07) is 7.84. The molecule has 2 aromatic rings. The minimum Gasteiger partial charge on any atom is -0.595 e. The van der Waals surface area contributed by atoms with Crippen molar-refractivity contribution >= 4 is 11.5 Å². The smallest absolute Gasteiger partial charge is 0.231 e. The van der Waals surface area contributed by atoms with E-state index in [4.69, 9.17) is 19.4 Å². The summed E-state index contributed by atoms with van der Waals surface area (Å²) in [5.74, 6) is 1.83. The van der Waals surface area contributed by atoms with Gasteiger partial charge in [-0.15, -0.1) is 0 Å². The molecule has 0 aliphatic carbocycles. The molecular formula is C20H22N2O6. The average molecular weight is 386 g/mol. The fraction of sp³-hybridized carbons (Fsp3) is 0.350. The fourth-order valence-corrected chi connectivity index (χ4v) is 3.88. The van der Waals surface area contributed by atoms with E-state index in [9.17, 15) is 10.0 Å². The molecule has 2 N–H and O–H groups in total. The second-order valence-corrected chi connectivity index (χ2v) is 6.97. The first kappa shape index (κ1) is 18.7. The molecule has 0 radical (unpaired) electrons. The van der Waals surface area contributed by atoms with Gasteiger partial charge in [0.1, 0.15) is 0 Å². The van der Waals surface area contributed by atoms with E-state index in [1.54, 1.807) is 19.2 Å². The van der Waals surface area contributed by atoms with Crippen LogP contribution in [0.15, 0.2) is 30.3 Å². The summed E-state index contributed by atoms with van der Waals surface area (Å²) < 4.78 is 16.8. The van der Waals surface area contributed by atoms with Gasteiger partial charge in [0, 0.05) is 42.3 Å². The van der Waals surface area contributed by atoms with E-state index in [-0.39, 0.29) is 30.7 Å². The van der Waals surface area contributed by atoms with Crippen molar-refractivity contribution in [1.29, 1.82) is 0 Å². The van der Waals surface area contributed by atoms with Crippen LogP contribution in [0.5, 0.6) is 17.2 Å². The van der Waals surface area contributed by atoms with Crippen molar-refractivity contribution in [3.05, 3.63) is 52.2 Å². The molecule has 2 aliphatic heterocycles. The molecule has 28 heavy (non-hydrogen) atoms. The number of hydrogen-bond acceptors (Lipinski definition) is 7. The lowest BCUT2D eigenvalue weighted by atomic mass is 9.87. The van der Waals surface area contributed by atoms with Gasteiger partial charge in [-0.1, -0.05) is 0 Å². The van der Waals surface area contributed by atoms with Crippen LogP contribution in [-0.2, 0) is 6.42 Å². The van der Waals surface area contributed by atoms with E-state index in [0.29, 0.717) is 22.8 Å². The zero-order valence-corrected chi connectivity index (χ0v) is 15.7. The van der Waals surface area contributed by atoms with Crippen LogP contribution in [0.25, 0.3) is 0 Å². The number of ketones is 1. The standard InChI is InChI=1S/C20H22N2O6/c1-21-8-7-13-9-17-19(28-11-27-17)20(26-2)18(13)15(21)10-16(23)12-3-5-14(6-4-12)22(24)25/h3-6,9,15,22,24H,7-8,10-11H2,1-2H3/t15-/m1/s1. The molecule has 148 valence electrons. The SMILES string of the molecule is COc1c2c(cc3c1[C@@H](CC(=O)c1ccc([NH+]([O-])O)cc1)N(C)CC3)OCO2. The molecule has 0 fully saturated rings. The van der Waals surface area contributed by atoms with Crippen LogP contribution in [0.3, 0.4) is 0 Å². The van der Waals surface area contributed by atoms with Crippen molar-refractivity contribution < 1.29 is 29.4 Å². The summed E-state index contributed by atoms with van der Waals surface area (Å²) in [5, 5.41) is 19.0. The fourth-order valence-electron chi connectivity index (χ4n) is 3.88. The molecule has 0 bridgehead atoms. The molecule has 0 saturated heterocycles. The van der Waals surface area contributed by atoms with Gasteiger partial charge >= 0.3 is 0 Å². The first-order valence-electron chi connectivity index (χ1n) is 9.05. The van der Waals surface area contributed by atoms with Crippen LogP contribution in [-0.4, -0.2) is 43.4 Å². The van der Waals surface area contributed by atoms with Crippen LogP contribution >= 0.6 is 0 Å². The largest absolute Gasteiger partial charge is 0.595 e. The van der Waals surface area contributed by atoms with E-state index in [2.05, 4.69) is 4.90 Å². The van der Waals surface area contributed by atoms with Gasteiger partial charge in [0.05, 0.1) is 7.11 Å². The van der Waals surface area contributed by atoms with E-state index in [1.165, 1.54) is 12.1 Å². The third-order valence-electron chi connectivity index (χ3n) is 5.38. The molecule has 1 unspecified atom stereocenters. The Morgan fingerprint density at radius 3 is 2.79 bits per heavy atom. The molecule has 2 heterocycles. The van der Waals surface area contributed by atoms with Crippen molar-refractivity contribution in [2.24, 2.45) is 0 Å². The van der Waals surface area contributed by atoms with E-state index in [1.807, 2.05) is 13.1 Å². The lowest BCUT2D eigenvalue weighted by molar-refractivity contribution is -0.991. The summed E-state index contributed by atoms with van der Waals surface area (Å²) in [6.45, 7) is 0.968. The van der Waals surface area contributed by atoms with Gasteiger partial charge in [0.25, 0.3) is 0 Å². The number of Topliss-reactive ketones (excluding diaryl/α,β-unsaturated/α-hetero) is 1. The number of nitrogens with zero attached hydrogens (tertiary/aromatic N) is 1. The number of benzene rings is 2. The highest BCUT2D eigenvalue weighted by molar-refractivity contribution is 5.96. The summed E-state index contributed by atoms with van der Waals surface area (Å²) in [5.41, 5.74) is 2.70. The quantitative estimate of drug-likeness (QED) is 0.596. The lowest BCUT2D eigenvalue weighted by Crippen LogP contribution is -2.99. The van der Waals surface area contributed by atoms with Crippen molar-refractivity contribution in [2.75, 3.05) is 27.5 Å². The highest BCUT2D eigenvalue weighted by Gasteiger charge is 2.35. The highest BCUT2D eigenvalue weighted by Crippen LogP contribution is 2.50. The predicted molar refractivity (Wildman–Crippen MR) is 99.4 cm³/mol. The van der Waals surface area contributed by atoms with Gasteiger partial charge < -0.3 is 19.4 Å². The minimum absolute atomic E-state index is 0.0543. The molecule has 0 spiro atoms. The number of methoxy groups -OCH3 is 1.